The zero-order valence-electron chi connectivity index (χ0n) is 6.66. The first kappa shape index (κ1) is 7.55. The van der Waals surface area contributed by atoms with Gasteiger partial charge in [0, 0.05) is 6.61 Å². The van der Waals surface area contributed by atoms with Crippen molar-refractivity contribution >= 4 is 5.78 Å². The summed E-state index contributed by atoms with van der Waals surface area (Å²) in [5, 5.41) is 0. The summed E-state index contributed by atoms with van der Waals surface area (Å²) in [6, 6.07) is 1.67. The Balaban J connectivity index is 2.09. The fourth-order valence-corrected chi connectivity index (χ4v) is 1.37. The third kappa shape index (κ3) is 1.28. The van der Waals surface area contributed by atoms with E-state index >= 15 is 0 Å². The van der Waals surface area contributed by atoms with E-state index < -0.39 is 0 Å². The van der Waals surface area contributed by atoms with Gasteiger partial charge in [-0.15, -0.1) is 0 Å². The van der Waals surface area contributed by atoms with Crippen molar-refractivity contribution in [1.82, 2.24) is 0 Å². The molecule has 1 aromatic rings. The highest BCUT2D eigenvalue weighted by atomic mass is 16.5. The normalized spacial score (nSPS) is 22.8. The van der Waals surface area contributed by atoms with Crippen LogP contribution in [0.3, 0.4) is 0 Å². The van der Waals surface area contributed by atoms with Gasteiger partial charge in [0.25, 0.3) is 0 Å². The predicted octanol–water partition coefficient (Wildman–Crippen LogP) is 1.64. The highest BCUT2D eigenvalue weighted by molar-refractivity contribution is 5.99. The molecule has 12 heavy (non-hydrogen) atoms. The van der Waals surface area contributed by atoms with Crippen molar-refractivity contribution in [2.24, 2.45) is 0 Å². The van der Waals surface area contributed by atoms with E-state index in [4.69, 9.17) is 9.15 Å². The molecule has 0 spiro atoms. The van der Waals surface area contributed by atoms with Crippen LogP contribution >= 0.6 is 0 Å². The molecule has 0 saturated carbocycles. The van der Waals surface area contributed by atoms with E-state index in [0.29, 0.717) is 12.2 Å². The lowest BCUT2D eigenvalue weighted by molar-refractivity contribution is 0.0642. The van der Waals surface area contributed by atoms with Crippen LogP contribution < -0.4 is 0 Å². The molecule has 1 saturated heterocycles. The Morgan fingerprint density at radius 3 is 3.08 bits per heavy atom. The van der Waals surface area contributed by atoms with Crippen LogP contribution in [0.15, 0.2) is 23.0 Å². The second-order valence-corrected chi connectivity index (χ2v) is 2.88. The lowest BCUT2D eigenvalue weighted by atomic mass is 10.1. The van der Waals surface area contributed by atoms with E-state index in [1.807, 2.05) is 0 Å². The zero-order valence-corrected chi connectivity index (χ0v) is 6.66. The molecule has 64 valence electrons. The number of ketones is 1. The minimum absolute atomic E-state index is 0.0428. The van der Waals surface area contributed by atoms with Crippen molar-refractivity contribution in [3.63, 3.8) is 0 Å². The van der Waals surface area contributed by atoms with Gasteiger partial charge in [0.2, 0.25) is 0 Å². The van der Waals surface area contributed by atoms with Gasteiger partial charge < -0.3 is 9.15 Å². The average Bonchev–Trinajstić information content (AvgIpc) is 2.77. The third-order valence-corrected chi connectivity index (χ3v) is 2.03. The van der Waals surface area contributed by atoms with E-state index in [1.54, 1.807) is 6.07 Å². The Hall–Kier alpha value is -1.09. The lowest BCUT2D eigenvalue weighted by Crippen LogP contribution is -2.18. The van der Waals surface area contributed by atoms with Crippen molar-refractivity contribution < 1.29 is 13.9 Å². The number of hydrogen-bond donors (Lipinski definition) is 0. The first-order chi connectivity index (χ1) is 5.88. The summed E-state index contributed by atoms with van der Waals surface area (Å²) in [5.41, 5.74) is 0.613. The number of furan rings is 1. The zero-order chi connectivity index (χ0) is 8.39. The maximum absolute atomic E-state index is 11.5. The number of ether oxygens (including phenoxy) is 1. The van der Waals surface area contributed by atoms with Crippen LogP contribution in [0, 0.1) is 0 Å². The molecule has 3 heteroatoms. The SMILES string of the molecule is O=C(c1ccoc1)C1CCCO1. The van der Waals surface area contributed by atoms with Crippen molar-refractivity contribution in [2.45, 2.75) is 18.9 Å². The van der Waals surface area contributed by atoms with E-state index in [1.165, 1.54) is 12.5 Å². The molecule has 0 amide bonds. The van der Waals surface area contributed by atoms with Crippen LogP contribution in [0.1, 0.15) is 23.2 Å². The van der Waals surface area contributed by atoms with Gasteiger partial charge in [-0.2, -0.15) is 0 Å². The van der Waals surface area contributed by atoms with Crippen LogP contribution in [0.25, 0.3) is 0 Å². The molecule has 1 fully saturated rings. The van der Waals surface area contributed by atoms with Gasteiger partial charge in [0.05, 0.1) is 11.8 Å². The van der Waals surface area contributed by atoms with E-state index in [9.17, 15) is 4.79 Å². The Morgan fingerprint density at radius 2 is 2.50 bits per heavy atom. The molecule has 1 aromatic heterocycles. The summed E-state index contributed by atoms with van der Waals surface area (Å²) < 4.78 is 10.1. The second-order valence-electron chi connectivity index (χ2n) is 2.88. The largest absolute Gasteiger partial charge is 0.472 e. The third-order valence-electron chi connectivity index (χ3n) is 2.03. The molecule has 1 atom stereocenters. The number of carbonyl (C=O) groups excluding carboxylic acids is 1. The van der Waals surface area contributed by atoms with Gasteiger partial charge in [-0.3, -0.25) is 4.79 Å². The number of hydrogen-bond acceptors (Lipinski definition) is 3. The molecule has 1 unspecified atom stereocenters. The minimum Gasteiger partial charge on any atom is -0.472 e. The van der Waals surface area contributed by atoms with Crippen LogP contribution in [-0.2, 0) is 4.74 Å². The maximum Gasteiger partial charge on any atom is 0.194 e. The van der Waals surface area contributed by atoms with Crippen LogP contribution in [0.4, 0.5) is 0 Å². The number of carbonyl (C=O) groups is 1. The van der Waals surface area contributed by atoms with Gasteiger partial charge in [-0.05, 0) is 18.9 Å². The summed E-state index contributed by atoms with van der Waals surface area (Å²) in [5.74, 6) is 0.0428. The number of rotatable bonds is 2. The van der Waals surface area contributed by atoms with E-state index in [2.05, 4.69) is 0 Å². The summed E-state index contributed by atoms with van der Waals surface area (Å²) in [6.07, 6.45) is 4.55. The van der Waals surface area contributed by atoms with Crippen LogP contribution in [0.5, 0.6) is 0 Å². The van der Waals surface area contributed by atoms with Gasteiger partial charge >= 0.3 is 0 Å². The molecule has 2 rings (SSSR count). The summed E-state index contributed by atoms with van der Waals surface area (Å²) in [7, 11) is 0. The standard InChI is InChI=1S/C9H10O3/c10-9(7-3-5-11-6-7)8-2-1-4-12-8/h3,5-6,8H,1-2,4H2. The van der Waals surface area contributed by atoms with E-state index in [0.717, 1.165) is 12.8 Å². The molecule has 1 aliphatic rings. The molecular weight excluding hydrogens is 156 g/mol. The Bertz CT molecular complexity index is 257. The van der Waals surface area contributed by atoms with E-state index in [-0.39, 0.29) is 11.9 Å². The molecule has 1 aliphatic heterocycles. The second kappa shape index (κ2) is 3.11. The van der Waals surface area contributed by atoms with Crippen molar-refractivity contribution in [1.29, 1.82) is 0 Å². The van der Waals surface area contributed by atoms with Crippen molar-refractivity contribution in [2.75, 3.05) is 6.61 Å². The Kier molecular flexibility index (Phi) is 1.96. The smallest absolute Gasteiger partial charge is 0.194 e. The summed E-state index contributed by atoms with van der Waals surface area (Å²) in [4.78, 5) is 11.5. The molecule has 0 radical (unpaired) electrons. The lowest BCUT2D eigenvalue weighted by Gasteiger charge is -2.04. The Labute approximate surface area is 70.3 Å². The average molecular weight is 166 g/mol. The Morgan fingerprint density at radius 1 is 1.58 bits per heavy atom. The van der Waals surface area contributed by atoms with Crippen LogP contribution in [0.2, 0.25) is 0 Å². The van der Waals surface area contributed by atoms with Crippen LogP contribution in [-0.4, -0.2) is 18.5 Å². The van der Waals surface area contributed by atoms with Gasteiger partial charge in [0.15, 0.2) is 5.78 Å². The molecule has 3 nitrogen and oxygen atoms in total. The summed E-state index contributed by atoms with van der Waals surface area (Å²) in [6.45, 7) is 0.703. The highest BCUT2D eigenvalue weighted by Gasteiger charge is 2.24. The van der Waals surface area contributed by atoms with Crippen molar-refractivity contribution in [3.05, 3.63) is 24.2 Å². The fraction of sp³-hybridized carbons (Fsp3) is 0.444. The monoisotopic (exact) mass is 166 g/mol. The highest BCUT2D eigenvalue weighted by Crippen LogP contribution is 2.17. The van der Waals surface area contributed by atoms with Gasteiger partial charge in [-0.25, -0.2) is 0 Å². The fourth-order valence-electron chi connectivity index (χ4n) is 1.37. The molecule has 0 aromatic carbocycles. The van der Waals surface area contributed by atoms with Gasteiger partial charge in [-0.1, -0.05) is 0 Å². The maximum atomic E-state index is 11.5. The predicted molar refractivity (Wildman–Crippen MR) is 42.0 cm³/mol. The first-order valence-corrected chi connectivity index (χ1v) is 4.06. The van der Waals surface area contributed by atoms with Gasteiger partial charge in [0.1, 0.15) is 12.4 Å². The molecule has 0 bridgehead atoms. The summed E-state index contributed by atoms with van der Waals surface area (Å²) >= 11 is 0. The first-order valence-electron chi connectivity index (χ1n) is 4.06. The minimum atomic E-state index is -0.234. The molecule has 0 aliphatic carbocycles. The quantitative estimate of drug-likeness (QED) is 0.627. The topological polar surface area (TPSA) is 39.4 Å². The molecular formula is C9H10O3. The van der Waals surface area contributed by atoms with Crippen molar-refractivity contribution in [3.8, 4) is 0 Å². The molecule has 2 heterocycles. The number of Topliss-reactive ketones (excluding diaryl/α,β-unsaturated/α-hetero) is 1. The molecule has 0 N–H and O–H groups in total.